The highest BCUT2D eigenvalue weighted by molar-refractivity contribution is 5.65. The van der Waals surface area contributed by atoms with Crippen LogP contribution in [0.3, 0.4) is 0 Å². The molecule has 1 aromatic rings. The Morgan fingerprint density at radius 3 is 2.81 bits per heavy atom. The first-order valence-electron chi connectivity index (χ1n) is 4.93. The van der Waals surface area contributed by atoms with E-state index in [1.807, 2.05) is 6.92 Å². The third-order valence-electron chi connectivity index (χ3n) is 2.19. The van der Waals surface area contributed by atoms with Crippen molar-refractivity contribution in [3.05, 3.63) is 28.3 Å². The van der Waals surface area contributed by atoms with Crippen molar-refractivity contribution in [2.45, 2.75) is 6.92 Å². The summed E-state index contributed by atoms with van der Waals surface area (Å²) < 4.78 is 0. The molecule has 0 aliphatic rings. The number of nitrogens with two attached hydrogens (primary N) is 1. The number of anilines is 2. The van der Waals surface area contributed by atoms with Crippen LogP contribution in [0.5, 0.6) is 0 Å². The molecule has 6 nitrogen and oxygen atoms in total. The van der Waals surface area contributed by atoms with E-state index in [9.17, 15) is 10.1 Å². The average molecular weight is 225 g/mol. The number of nitrogen functional groups attached to an aromatic ring is 1. The molecule has 0 aliphatic heterocycles. The summed E-state index contributed by atoms with van der Waals surface area (Å²) in [6.45, 7) is 2.57. The number of nitrogens with one attached hydrogen (secondary N) is 1. The van der Waals surface area contributed by atoms with E-state index in [0.717, 1.165) is 0 Å². The second-order valence-corrected chi connectivity index (χ2v) is 3.70. The number of nitrogens with zero attached hydrogens (tertiary/aromatic N) is 1. The fraction of sp³-hybridized carbons (Fsp3) is 0.400. The van der Waals surface area contributed by atoms with Crippen molar-refractivity contribution < 1.29 is 10.0 Å². The number of aliphatic hydroxyl groups excluding tert-OH is 1. The summed E-state index contributed by atoms with van der Waals surface area (Å²) in [5.41, 5.74) is 6.28. The maximum absolute atomic E-state index is 10.5. The number of aliphatic hydroxyl groups is 1. The van der Waals surface area contributed by atoms with Gasteiger partial charge in [-0.3, -0.25) is 10.1 Å². The number of rotatable bonds is 5. The summed E-state index contributed by atoms with van der Waals surface area (Å²) >= 11 is 0. The van der Waals surface area contributed by atoms with Gasteiger partial charge in [-0.25, -0.2) is 0 Å². The fourth-order valence-corrected chi connectivity index (χ4v) is 1.19. The van der Waals surface area contributed by atoms with Crippen LogP contribution < -0.4 is 11.1 Å². The first-order chi connectivity index (χ1) is 7.54. The molecular weight excluding hydrogens is 210 g/mol. The molecule has 0 heterocycles. The van der Waals surface area contributed by atoms with Crippen LogP contribution in [0.15, 0.2) is 18.2 Å². The van der Waals surface area contributed by atoms with Crippen molar-refractivity contribution in [2.75, 3.05) is 24.2 Å². The van der Waals surface area contributed by atoms with Gasteiger partial charge in [0.2, 0.25) is 0 Å². The van der Waals surface area contributed by atoms with Crippen LogP contribution in [-0.2, 0) is 0 Å². The Hall–Kier alpha value is -1.82. The molecule has 0 aromatic heterocycles. The van der Waals surface area contributed by atoms with Crippen LogP contribution in [0, 0.1) is 16.0 Å². The van der Waals surface area contributed by atoms with Crippen molar-refractivity contribution >= 4 is 17.1 Å². The highest BCUT2D eigenvalue weighted by Gasteiger charge is 2.11. The van der Waals surface area contributed by atoms with E-state index < -0.39 is 4.92 Å². The summed E-state index contributed by atoms with van der Waals surface area (Å²) in [5, 5.41) is 22.4. The molecule has 1 rings (SSSR count). The number of hydrogen-bond acceptors (Lipinski definition) is 5. The Morgan fingerprint density at radius 1 is 1.62 bits per heavy atom. The van der Waals surface area contributed by atoms with E-state index >= 15 is 0 Å². The van der Waals surface area contributed by atoms with Crippen LogP contribution in [0.1, 0.15) is 6.92 Å². The lowest BCUT2D eigenvalue weighted by atomic mass is 10.2. The minimum atomic E-state index is -0.518. The molecule has 0 saturated heterocycles. The molecule has 0 spiro atoms. The fourth-order valence-electron chi connectivity index (χ4n) is 1.19. The third-order valence-corrected chi connectivity index (χ3v) is 2.19. The Balaban J connectivity index is 2.70. The lowest BCUT2D eigenvalue weighted by molar-refractivity contribution is -0.383. The molecule has 0 saturated carbocycles. The standard InChI is InChI=1S/C10H15N3O3/c1-7(6-14)5-12-8-2-3-10(13(15)16)9(11)4-8/h2-4,7,12,14H,5-6,11H2,1H3. The Kier molecular flexibility index (Phi) is 4.07. The van der Waals surface area contributed by atoms with Crippen molar-refractivity contribution in [1.82, 2.24) is 0 Å². The van der Waals surface area contributed by atoms with Gasteiger partial charge >= 0.3 is 0 Å². The Morgan fingerprint density at radius 2 is 2.31 bits per heavy atom. The highest BCUT2D eigenvalue weighted by atomic mass is 16.6. The Bertz CT molecular complexity index is 382. The summed E-state index contributed by atoms with van der Waals surface area (Å²) in [5.74, 6) is 0.122. The van der Waals surface area contributed by atoms with Gasteiger partial charge in [-0.15, -0.1) is 0 Å². The summed E-state index contributed by atoms with van der Waals surface area (Å²) in [7, 11) is 0. The third kappa shape index (κ3) is 3.09. The van der Waals surface area contributed by atoms with Crippen LogP contribution in [0.25, 0.3) is 0 Å². The molecule has 1 atom stereocenters. The van der Waals surface area contributed by atoms with Gasteiger partial charge in [0.15, 0.2) is 0 Å². The zero-order valence-electron chi connectivity index (χ0n) is 9.01. The van der Waals surface area contributed by atoms with Crippen LogP contribution in [0.4, 0.5) is 17.1 Å². The largest absolute Gasteiger partial charge is 0.396 e. The molecule has 0 amide bonds. The average Bonchev–Trinajstić information content (AvgIpc) is 2.25. The smallest absolute Gasteiger partial charge is 0.292 e. The second-order valence-electron chi connectivity index (χ2n) is 3.70. The van der Waals surface area contributed by atoms with E-state index in [1.54, 1.807) is 6.07 Å². The zero-order valence-corrected chi connectivity index (χ0v) is 9.01. The van der Waals surface area contributed by atoms with Gasteiger partial charge in [-0.2, -0.15) is 0 Å². The Labute approximate surface area is 93.2 Å². The lowest BCUT2D eigenvalue weighted by Gasteiger charge is -2.11. The molecule has 0 bridgehead atoms. The quantitative estimate of drug-likeness (QED) is 0.397. The molecule has 1 aromatic carbocycles. The molecule has 6 heteroatoms. The molecule has 0 aliphatic carbocycles. The van der Waals surface area contributed by atoms with Crippen molar-refractivity contribution in [3.63, 3.8) is 0 Å². The predicted molar refractivity (Wildman–Crippen MR) is 62.2 cm³/mol. The van der Waals surface area contributed by atoms with Crippen molar-refractivity contribution in [2.24, 2.45) is 5.92 Å². The van der Waals surface area contributed by atoms with Gasteiger partial charge in [-0.1, -0.05) is 6.92 Å². The SMILES string of the molecule is CC(CO)CNc1ccc([N+](=O)[O-])c(N)c1. The molecule has 0 radical (unpaired) electrons. The van der Waals surface area contributed by atoms with E-state index in [1.165, 1.54) is 12.1 Å². The minimum absolute atomic E-state index is 0.0927. The first-order valence-corrected chi connectivity index (χ1v) is 4.93. The van der Waals surface area contributed by atoms with Gasteiger partial charge < -0.3 is 16.2 Å². The summed E-state index contributed by atoms with van der Waals surface area (Å²) in [6, 6.07) is 4.47. The van der Waals surface area contributed by atoms with Crippen LogP contribution in [-0.4, -0.2) is 23.2 Å². The molecule has 16 heavy (non-hydrogen) atoms. The van der Waals surface area contributed by atoms with Crippen LogP contribution in [0.2, 0.25) is 0 Å². The minimum Gasteiger partial charge on any atom is -0.396 e. The monoisotopic (exact) mass is 225 g/mol. The maximum Gasteiger partial charge on any atom is 0.292 e. The molecule has 1 unspecified atom stereocenters. The van der Waals surface area contributed by atoms with Gasteiger partial charge in [-0.05, 0) is 18.1 Å². The van der Waals surface area contributed by atoms with E-state index in [2.05, 4.69) is 5.32 Å². The normalized spacial score (nSPS) is 12.1. The summed E-state index contributed by atoms with van der Waals surface area (Å²) in [4.78, 5) is 10.00. The predicted octanol–water partition coefficient (Wildman–Crippen LogP) is 1.22. The summed E-state index contributed by atoms with van der Waals surface area (Å²) in [6.07, 6.45) is 0. The van der Waals surface area contributed by atoms with Crippen molar-refractivity contribution in [1.29, 1.82) is 0 Å². The van der Waals surface area contributed by atoms with E-state index in [0.29, 0.717) is 12.2 Å². The first kappa shape index (κ1) is 12.3. The number of hydrogen-bond donors (Lipinski definition) is 3. The number of benzene rings is 1. The molecule has 0 fully saturated rings. The van der Waals surface area contributed by atoms with Crippen molar-refractivity contribution in [3.8, 4) is 0 Å². The highest BCUT2D eigenvalue weighted by Crippen LogP contribution is 2.24. The van der Waals surface area contributed by atoms with E-state index in [-0.39, 0.29) is 23.9 Å². The van der Waals surface area contributed by atoms with Gasteiger partial charge in [0.25, 0.3) is 5.69 Å². The lowest BCUT2D eigenvalue weighted by Crippen LogP contribution is -2.14. The van der Waals surface area contributed by atoms with E-state index in [4.69, 9.17) is 10.8 Å². The number of nitro benzene ring substituents is 1. The van der Waals surface area contributed by atoms with Gasteiger partial charge in [0, 0.05) is 24.9 Å². The second kappa shape index (κ2) is 5.32. The molecule has 88 valence electrons. The van der Waals surface area contributed by atoms with Gasteiger partial charge in [0.05, 0.1) is 4.92 Å². The van der Waals surface area contributed by atoms with Gasteiger partial charge in [0.1, 0.15) is 5.69 Å². The topological polar surface area (TPSA) is 101 Å². The maximum atomic E-state index is 10.5. The molecule has 4 N–H and O–H groups in total. The zero-order chi connectivity index (χ0) is 12.1. The van der Waals surface area contributed by atoms with Crippen LogP contribution >= 0.6 is 0 Å². The molecular formula is C10H15N3O3. The number of nitro groups is 1.